The van der Waals surface area contributed by atoms with Crippen LogP contribution in [0.1, 0.15) is 32.2 Å². The van der Waals surface area contributed by atoms with Gasteiger partial charge in [-0.1, -0.05) is 32.9 Å². The van der Waals surface area contributed by atoms with Gasteiger partial charge in [0.05, 0.1) is 6.04 Å². The second-order valence-corrected chi connectivity index (χ2v) is 6.41. The summed E-state index contributed by atoms with van der Waals surface area (Å²) in [6, 6.07) is 5.31. The highest BCUT2D eigenvalue weighted by Gasteiger charge is 2.27. The van der Waals surface area contributed by atoms with Crippen LogP contribution in [0.15, 0.2) is 22.6 Å². The number of hydrogen-bond acceptors (Lipinski definition) is 4. The number of carbonyl (C=O) groups is 1. The third-order valence-electron chi connectivity index (χ3n) is 3.52. The minimum Gasteiger partial charge on any atom is -0.441 e. The van der Waals surface area contributed by atoms with Crippen LogP contribution in [-0.2, 0) is 11.2 Å². The number of benzene rings is 1. The number of nitrogens with one attached hydrogen (secondary N) is 1. The maximum Gasteiger partial charge on any atom is 0.237 e. The fourth-order valence-corrected chi connectivity index (χ4v) is 2.03. The third kappa shape index (κ3) is 3.61. The largest absolute Gasteiger partial charge is 0.441 e. The van der Waals surface area contributed by atoms with Gasteiger partial charge in [-0.3, -0.25) is 4.79 Å². The SMILES string of the molecule is Cc1cccc2oc(CCNC(=O)[C@@H](N)C(C)(C)C)nc12. The molecule has 3 N–H and O–H groups in total. The van der Waals surface area contributed by atoms with Crippen molar-refractivity contribution in [2.24, 2.45) is 11.1 Å². The summed E-state index contributed by atoms with van der Waals surface area (Å²) in [5.74, 6) is 0.485. The van der Waals surface area contributed by atoms with Gasteiger partial charge in [0, 0.05) is 13.0 Å². The van der Waals surface area contributed by atoms with Gasteiger partial charge in [-0.2, -0.15) is 0 Å². The van der Waals surface area contributed by atoms with Crippen molar-refractivity contribution < 1.29 is 9.21 Å². The molecule has 0 saturated carbocycles. The first-order valence-corrected chi connectivity index (χ1v) is 7.17. The van der Waals surface area contributed by atoms with E-state index in [0.717, 1.165) is 16.7 Å². The van der Waals surface area contributed by atoms with Gasteiger partial charge in [0.25, 0.3) is 0 Å². The van der Waals surface area contributed by atoms with Crippen molar-refractivity contribution in [3.8, 4) is 0 Å². The Bertz CT molecular complexity index is 640. The van der Waals surface area contributed by atoms with E-state index in [4.69, 9.17) is 10.2 Å². The summed E-state index contributed by atoms with van der Waals surface area (Å²) < 4.78 is 5.66. The number of amides is 1. The van der Waals surface area contributed by atoms with Gasteiger partial charge in [0.1, 0.15) is 5.52 Å². The first-order chi connectivity index (χ1) is 9.79. The van der Waals surface area contributed by atoms with Crippen molar-refractivity contribution in [2.45, 2.75) is 40.2 Å². The van der Waals surface area contributed by atoms with Crippen molar-refractivity contribution in [2.75, 3.05) is 6.54 Å². The number of hydrogen-bond donors (Lipinski definition) is 2. The van der Waals surface area contributed by atoms with E-state index in [1.807, 2.05) is 45.9 Å². The summed E-state index contributed by atoms with van der Waals surface area (Å²) in [6.07, 6.45) is 0.552. The monoisotopic (exact) mass is 289 g/mol. The Morgan fingerprint density at radius 2 is 2.14 bits per heavy atom. The predicted molar refractivity (Wildman–Crippen MR) is 82.9 cm³/mol. The zero-order chi connectivity index (χ0) is 15.6. The molecule has 1 heterocycles. The average molecular weight is 289 g/mol. The number of rotatable bonds is 4. The number of fused-ring (bicyclic) bond motifs is 1. The molecule has 0 aliphatic carbocycles. The van der Waals surface area contributed by atoms with E-state index in [9.17, 15) is 4.79 Å². The van der Waals surface area contributed by atoms with Crippen molar-refractivity contribution in [3.63, 3.8) is 0 Å². The molecular formula is C16H23N3O2. The van der Waals surface area contributed by atoms with E-state index >= 15 is 0 Å². The summed E-state index contributed by atoms with van der Waals surface area (Å²) in [4.78, 5) is 16.4. The van der Waals surface area contributed by atoms with Crippen LogP contribution in [0.4, 0.5) is 0 Å². The van der Waals surface area contributed by atoms with Crippen LogP contribution in [0.5, 0.6) is 0 Å². The number of oxazole rings is 1. The van der Waals surface area contributed by atoms with Gasteiger partial charge in [-0.15, -0.1) is 0 Å². The Balaban J connectivity index is 1.94. The van der Waals surface area contributed by atoms with Gasteiger partial charge in [0.2, 0.25) is 5.91 Å². The number of carbonyl (C=O) groups excluding carboxylic acids is 1. The third-order valence-corrected chi connectivity index (χ3v) is 3.52. The van der Waals surface area contributed by atoms with Crippen LogP contribution < -0.4 is 11.1 Å². The minimum absolute atomic E-state index is 0.144. The topological polar surface area (TPSA) is 81.2 Å². The van der Waals surface area contributed by atoms with Crippen LogP contribution in [0, 0.1) is 12.3 Å². The fourth-order valence-electron chi connectivity index (χ4n) is 2.03. The molecule has 21 heavy (non-hydrogen) atoms. The molecule has 0 spiro atoms. The Labute approximate surface area is 124 Å². The molecule has 1 aromatic carbocycles. The lowest BCUT2D eigenvalue weighted by molar-refractivity contribution is -0.124. The van der Waals surface area contributed by atoms with E-state index in [1.165, 1.54) is 0 Å². The molecular weight excluding hydrogens is 266 g/mol. The maximum atomic E-state index is 11.9. The Morgan fingerprint density at radius 1 is 1.43 bits per heavy atom. The van der Waals surface area contributed by atoms with Crippen molar-refractivity contribution >= 4 is 17.0 Å². The lowest BCUT2D eigenvalue weighted by atomic mass is 9.87. The van der Waals surface area contributed by atoms with Crippen molar-refractivity contribution in [1.29, 1.82) is 0 Å². The first kappa shape index (κ1) is 15.5. The van der Waals surface area contributed by atoms with Crippen molar-refractivity contribution in [1.82, 2.24) is 10.3 Å². The van der Waals surface area contributed by atoms with E-state index < -0.39 is 6.04 Å². The molecule has 2 rings (SSSR count). The molecule has 1 aromatic heterocycles. The summed E-state index contributed by atoms with van der Waals surface area (Å²) >= 11 is 0. The second-order valence-electron chi connectivity index (χ2n) is 6.41. The zero-order valence-corrected chi connectivity index (χ0v) is 13.1. The van der Waals surface area contributed by atoms with Gasteiger partial charge < -0.3 is 15.5 Å². The molecule has 0 saturated heterocycles. The highest BCUT2D eigenvalue weighted by atomic mass is 16.3. The Hall–Kier alpha value is -1.88. The Morgan fingerprint density at radius 3 is 2.76 bits per heavy atom. The minimum atomic E-state index is -0.525. The standard InChI is InChI=1S/C16H23N3O2/c1-10-6-5-7-11-13(10)19-12(21-11)8-9-18-15(20)14(17)16(2,3)4/h5-7,14H,8-9,17H2,1-4H3,(H,18,20)/t14-/m1/s1. The highest BCUT2D eigenvalue weighted by Crippen LogP contribution is 2.19. The van der Waals surface area contributed by atoms with Gasteiger partial charge >= 0.3 is 0 Å². The molecule has 0 aliphatic rings. The van der Waals surface area contributed by atoms with Crippen molar-refractivity contribution in [3.05, 3.63) is 29.7 Å². The lowest BCUT2D eigenvalue weighted by Gasteiger charge is -2.25. The van der Waals surface area contributed by atoms with Gasteiger partial charge in [0.15, 0.2) is 11.5 Å². The Kier molecular flexibility index (Phi) is 4.32. The highest BCUT2D eigenvalue weighted by molar-refractivity contribution is 5.82. The number of aromatic nitrogens is 1. The molecule has 5 heteroatoms. The normalized spacial score (nSPS) is 13.4. The van der Waals surface area contributed by atoms with Gasteiger partial charge in [-0.05, 0) is 24.0 Å². The molecule has 1 atom stereocenters. The number of aryl methyl sites for hydroxylation is 1. The van der Waals surface area contributed by atoms with Crippen LogP contribution in [-0.4, -0.2) is 23.5 Å². The zero-order valence-electron chi connectivity index (χ0n) is 13.1. The maximum absolute atomic E-state index is 11.9. The molecule has 5 nitrogen and oxygen atoms in total. The number of nitrogens with two attached hydrogens (primary N) is 1. The van der Waals surface area contributed by atoms with E-state index in [2.05, 4.69) is 10.3 Å². The van der Waals surface area contributed by atoms with E-state index in [-0.39, 0.29) is 11.3 Å². The molecule has 1 amide bonds. The van der Waals surface area contributed by atoms with Crippen LogP contribution in [0.3, 0.4) is 0 Å². The second kappa shape index (κ2) is 5.85. The smallest absolute Gasteiger partial charge is 0.237 e. The summed E-state index contributed by atoms with van der Waals surface area (Å²) in [5, 5.41) is 2.83. The number of para-hydroxylation sites is 1. The fraction of sp³-hybridized carbons (Fsp3) is 0.500. The van der Waals surface area contributed by atoms with Gasteiger partial charge in [-0.25, -0.2) is 4.98 Å². The molecule has 2 aromatic rings. The molecule has 0 aliphatic heterocycles. The van der Waals surface area contributed by atoms with E-state index in [0.29, 0.717) is 18.9 Å². The molecule has 0 fully saturated rings. The number of nitrogens with zero attached hydrogens (tertiary/aromatic N) is 1. The molecule has 114 valence electrons. The van der Waals surface area contributed by atoms with Crippen LogP contribution >= 0.6 is 0 Å². The summed E-state index contributed by atoms with van der Waals surface area (Å²) in [6.45, 7) is 8.30. The predicted octanol–water partition coefficient (Wildman–Crippen LogP) is 2.17. The van der Waals surface area contributed by atoms with Crippen LogP contribution in [0.2, 0.25) is 0 Å². The quantitative estimate of drug-likeness (QED) is 0.904. The van der Waals surface area contributed by atoms with Crippen LogP contribution in [0.25, 0.3) is 11.1 Å². The van der Waals surface area contributed by atoms with E-state index in [1.54, 1.807) is 0 Å². The lowest BCUT2D eigenvalue weighted by Crippen LogP contribution is -2.49. The first-order valence-electron chi connectivity index (χ1n) is 7.17. The molecule has 0 radical (unpaired) electrons. The average Bonchev–Trinajstić information content (AvgIpc) is 2.81. The molecule has 0 unspecified atom stereocenters. The summed E-state index contributed by atoms with van der Waals surface area (Å²) in [5.41, 5.74) is 8.40. The molecule has 0 bridgehead atoms. The summed E-state index contributed by atoms with van der Waals surface area (Å²) in [7, 11) is 0.